The Kier molecular flexibility index (Phi) is 5.45. The molecule has 5 nitrogen and oxygen atoms in total. The van der Waals surface area contributed by atoms with Gasteiger partial charge in [-0.15, -0.1) is 11.3 Å². The van der Waals surface area contributed by atoms with Crippen LogP contribution in [0.5, 0.6) is 0 Å². The summed E-state index contributed by atoms with van der Waals surface area (Å²) in [6.07, 6.45) is 3.37. The molecule has 1 N–H and O–H groups in total. The molecule has 1 aliphatic rings. The van der Waals surface area contributed by atoms with Gasteiger partial charge >= 0.3 is 0 Å². The second kappa shape index (κ2) is 8.16. The van der Waals surface area contributed by atoms with Gasteiger partial charge in [-0.05, 0) is 49.6 Å². The quantitative estimate of drug-likeness (QED) is 0.697. The molecular weight excluding hydrogens is 377 g/mol. The highest BCUT2D eigenvalue weighted by molar-refractivity contribution is 7.17. The van der Waals surface area contributed by atoms with E-state index >= 15 is 0 Å². The van der Waals surface area contributed by atoms with Gasteiger partial charge in [0.05, 0.1) is 23.5 Å². The number of thiazole rings is 1. The average molecular weight is 397 g/mol. The average Bonchev–Trinajstić information content (AvgIpc) is 3.37. The lowest BCUT2D eigenvalue weighted by molar-refractivity contribution is 0.0674. The van der Waals surface area contributed by atoms with Crippen molar-refractivity contribution in [2.45, 2.75) is 31.9 Å². The standard InChI is InChI=1S/C21H20FN3O2S/c1-13-19(28-21(24-13)16-5-2-3-11-23-16)20(26)25-18(17-6-4-12-27-17)14-7-9-15(22)10-8-14/h2-3,5,7-11,17-18H,4,6,12H2,1H3,(H,25,26)/t17-,18-/m1/s1. The van der Waals surface area contributed by atoms with E-state index in [1.54, 1.807) is 18.3 Å². The number of amides is 1. The number of aromatic nitrogens is 2. The van der Waals surface area contributed by atoms with Gasteiger partial charge in [0, 0.05) is 12.8 Å². The molecule has 144 valence electrons. The molecule has 3 aromatic rings. The minimum atomic E-state index is -0.338. The van der Waals surface area contributed by atoms with Crippen molar-refractivity contribution in [3.05, 3.63) is 70.6 Å². The van der Waals surface area contributed by atoms with Crippen LogP contribution in [0, 0.1) is 12.7 Å². The number of nitrogens with one attached hydrogen (secondary N) is 1. The molecule has 1 fully saturated rings. The van der Waals surface area contributed by atoms with Crippen molar-refractivity contribution >= 4 is 17.2 Å². The molecule has 28 heavy (non-hydrogen) atoms. The minimum Gasteiger partial charge on any atom is -0.376 e. The van der Waals surface area contributed by atoms with Crippen LogP contribution in [0.2, 0.25) is 0 Å². The van der Waals surface area contributed by atoms with Crippen LogP contribution >= 0.6 is 11.3 Å². The Morgan fingerprint density at radius 1 is 1.29 bits per heavy atom. The second-order valence-corrected chi connectivity index (χ2v) is 7.70. The Bertz CT molecular complexity index is 954. The second-order valence-electron chi connectivity index (χ2n) is 6.70. The summed E-state index contributed by atoms with van der Waals surface area (Å²) in [6.45, 7) is 2.48. The van der Waals surface area contributed by atoms with E-state index in [0.717, 1.165) is 24.1 Å². The monoisotopic (exact) mass is 397 g/mol. The van der Waals surface area contributed by atoms with Gasteiger partial charge < -0.3 is 10.1 Å². The van der Waals surface area contributed by atoms with E-state index in [9.17, 15) is 9.18 Å². The Balaban J connectivity index is 1.59. The molecule has 0 bridgehead atoms. The maximum atomic E-state index is 13.3. The Morgan fingerprint density at radius 2 is 2.11 bits per heavy atom. The lowest BCUT2D eigenvalue weighted by atomic mass is 9.99. The highest BCUT2D eigenvalue weighted by Gasteiger charge is 2.30. The number of pyridine rings is 1. The molecule has 0 spiro atoms. The van der Waals surface area contributed by atoms with Crippen LogP contribution in [0.3, 0.4) is 0 Å². The summed E-state index contributed by atoms with van der Waals surface area (Å²) in [5, 5.41) is 3.79. The number of aryl methyl sites for hydroxylation is 1. The number of benzene rings is 1. The Labute approximate surface area is 166 Å². The van der Waals surface area contributed by atoms with Crippen molar-refractivity contribution < 1.29 is 13.9 Å². The zero-order chi connectivity index (χ0) is 19.5. The molecule has 0 radical (unpaired) electrons. The predicted octanol–water partition coefficient (Wildman–Crippen LogP) is 4.30. The van der Waals surface area contributed by atoms with Crippen LogP contribution in [-0.4, -0.2) is 28.6 Å². The first-order chi connectivity index (χ1) is 13.6. The number of halogens is 1. The van der Waals surface area contributed by atoms with Crippen LogP contribution in [-0.2, 0) is 4.74 Å². The van der Waals surface area contributed by atoms with Crippen LogP contribution in [0.15, 0.2) is 48.7 Å². The van der Waals surface area contributed by atoms with E-state index in [0.29, 0.717) is 22.2 Å². The molecule has 1 amide bonds. The molecular formula is C21H20FN3O2S. The molecule has 1 saturated heterocycles. The van der Waals surface area contributed by atoms with Crippen molar-refractivity contribution in [3.8, 4) is 10.7 Å². The first-order valence-corrected chi connectivity index (χ1v) is 10.0. The summed E-state index contributed by atoms with van der Waals surface area (Å²) in [7, 11) is 0. The van der Waals surface area contributed by atoms with E-state index < -0.39 is 0 Å². The van der Waals surface area contributed by atoms with Crippen molar-refractivity contribution in [3.63, 3.8) is 0 Å². The molecule has 4 rings (SSSR count). The van der Waals surface area contributed by atoms with E-state index in [-0.39, 0.29) is 23.9 Å². The van der Waals surface area contributed by atoms with E-state index in [1.165, 1.54) is 23.5 Å². The maximum absolute atomic E-state index is 13.3. The summed E-state index contributed by atoms with van der Waals surface area (Å²) in [4.78, 5) is 22.4. The lowest BCUT2D eigenvalue weighted by Gasteiger charge is -2.24. The largest absolute Gasteiger partial charge is 0.376 e. The van der Waals surface area contributed by atoms with Crippen LogP contribution in [0.25, 0.3) is 10.7 Å². The first-order valence-electron chi connectivity index (χ1n) is 9.18. The predicted molar refractivity (Wildman–Crippen MR) is 106 cm³/mol. The zero-order valence-corrected chi connectivity index (χ0v) is 16.2. The van der Waals surface area contributed by atoms with Gasteiger partial charge in [-0.3, -0.25) is 9.78 Å². The smallest absolute Gasteiger partial charge is 0.263 e. The van der Waals surface area contributed by atoms with Gasteiger partial charge in [-0.25, -0.2) is 9.37 Å². The van der Waals surface area contributed by atoms with E-state index in [1.807, 2.05) is 25.1 Å². The fraction of sp³-hybridized carbons (Fsp3) is 0.286. The first kappa shape index (κ1) is 18.7. The normalized spacial score (nSPS) is 17.4. The highest BCUT2D eigenvalue weighted by Crippen LogP contribution is 2.30. The van der Waals surface area contributed by atoms with Gasteiger partial charge in [-0.1, -0.05) is 18.2 Å². The summed E-state index contributed by atoms with van der Waals surface area (Å²) in [5.41, 5.74) is 2.23. The van der Waals surface area contributed by atoms with Gasteiger partial charge in [0.2, 0.25) is 0 Å². The number of nitrogens with zero attached hydrogens (tertiary/aromatic N) is 2. The number of hydrogen-bond acceptors (Lipinski definition) is 5. The van der Waals surface area contributed by atoms with Crippen molar-refractivity contribution in [2.24, 2.45) is 0 Å². The van der Waals surface area contributed by atoms with Gasteiger partial charge in [0.15, 0.2) is 0 Å². The van der Waals surface area contributed by atoms with Crippen molar-refractivity contribution in [2.75, 3.05) is 6.61 Å². The van der Waals surface area contributed by atoms with Gasteiger partial charge in [0.1, 0.15) is 15.7 Å². The minimum absolute atomic E-state index is 0.127. The van der Waals surface area contributed by atoms with Gasteiger partial charge in [0.25, 0.3) is 5.91 Å². The summed E-state index contributed by atoms with van der Waals surface area (Å²) in [6, 6.07) is 11.5. The Morgan fingerprint density at radius 3 is 2.79 bits per heavy atom. The summed E-state index contributed by atoms with van der Waals surface area (Å²) in [5.74, 6) is -0.513. The molecule has 0 saturated carbocycles. The summed E-state index contributed by atoms with van der Waals surface area (Å²) >= 11 is 1.32. The maximum Gasteiger partial charge on any atom is 0.263 e. The molecule has 7 heteroatoms. The van der Waals surface area contributed by atoms with E-state index in [2.05, 4.69) is 15.3 Å². The fourth-order valence-electron chi connectivity index (χ4n) is 3.34. The molecule has 1 aromatic carbocycles. The van der Waals surface area contributed by atoms with E-state index in [4.69, 9.17) is 4.74 Å². The number of rotatable bonds is 5. The number of ether oxygens (including phenoxy) is 1. The van der Waals surface area contributed by atoms with Crippen LogP contribution in [0.4, 0.5) is 4.39 Å². The third kappa shape index (κ3) is 3.95. The highest BCUT2D eigenvalue weighted by atomic mass is 32.1. The molecule has 0 unspecified atom stereocenters. The molecule has 3 heterocycles. The lowest BCUT2D eigenvalue weighted by Crippen LogP contribution is -2.36. The number of hydrogen-bond donors (Lipinski definition) is 1. The molecule has 2 aromatic heterocycles. The SMILES string of the molecule is Cc1nc(-c2ccccn2)sc1C(=O)N[C@H](c1ccc(F)cc1)[C@H]1CCCO1. The van der Waals surface area contributed by atoms with Crippen molar-refractivity contribution in [1.82, 2.24) is 15.3 Å². The number of carbonyl (C=O) groups excluding carboxylic acids is 1. The third-order valence-corrected chi connectivity index (χ3v) is 5.92. The summed E-state index contributed by atoms with van der Waals surface area (Å²) < 4.78 is 19.2. The van der Waals surface area contributed by atoms with Crippen LogP contribution in [0.1, 0.15) is 39.8 Å². The van der Waals surface area contributed by atoms with Gasteiger partial charge in [-0.2, -0.15) is 0 Å². The molecule has 0 aliphatic carbocycles. The molecule has 1 aliphatic heterocycles. The molecule has 2 atom stereocenters. The van der Waals surface area contributed by atoms with Crippen LogP contribution < -0.4 is 5.32 Å². The van der Waals surface area contributed by atoms with Crippen molar-refractivity contribution in [1.29, 1.82) is 0 Å². The number of carbonyl (C=O) groups is 1. The Hall–Kier alpha value is -2.64. The third-order valence-electron chi connectivity index (χ3n) is 4.74. The topological polar surface area (TPSA) is 64.1 Å². The zero-order valence-electron chi connectivity index (χ0n) is 15.4. The fourth-order valence-corrected chi connectivity index (χ4v) is 4.29.